The summed E-state index contributed by atoms with van der Waals surface area (Å²) in [6, 6.07) is 3.68. The number of aromatic nitrogens is 1. The monoisotopic (exact) mass is 221 g/mol. The molecule has 0 unspecified atom stereocenters. The van der Waals surface area contributed by atoms with Crippen molar-refractivity contribution in [3.05, 3.63) is 29.6 Å². The van der Waals surface area contributed by atoms with Gasteiger partial charge in [0.2, 0.25) is 0 Å². The zero-order chi connectivity index (χ0) is 12.0. The molecule has 0 aliphatic carbocycles. The molecule has 1 rings (SSSR count). The maximum absolute atomic E-state index is 11.5. The van der Waals surface area contributed by atoms with Crippen molar-refractivity contribution in [1.29, 1.82) is 0 Å². The van der Waals surface area contributed by atoms with E-state index in [1.165, 1.54) is 5.56 Å². The second-order valence-corrected chi connectivity index (χ2v) is 4.11. The van der Waals surface area contributed by atoms with E-state index in [9.17, 15) is 4.79 Å². The maximum atomic E-state index is 11.5. The van der Waals surface area contributed by atoms with Gasteiger partial charge in [0.05, 0.1) is 6.10 Å². The Kier molecular flexibility index (Phi) is 4.96. The van der Waals surface area contributed by atoms with Gasteiger partial charge in [0.25, 0.3) is 0 Å². The van der Waals surface area contributed by atoms with Gasteiger partial charge < -0.3 is 4.74 Å². The fourth-order valence-electron chi connectivity index (χ4n) is 1.35. The average molecular weight is 221 g/mol. The molecule has 16 heavy (non-hydrogen) atoms. The SMILES string of the molecule is CCCCc1ccc(C(=O)OC(C)C)nc1. The van der Waals surface area contributed by atoms with Gasteiger partial charge in [0.1, 0.15) is 5.69 Å². The Hall–Kier alpha value is -1.38. The van der Waals surface area contributed by atoms with Crippen molar-refractivity contribution < 1.29 is 9.53 Å². The van der Waals surface area contributed by atoms with E-state index in [4.69, 9.17) is 4.74 Å². The number of nitrogens with zero attached hydrogens (tertiary/aromatic N) is 1. The van der Waals surface area contributed by atoms with E-state index in [0.29, 0.717) is 5.69 Å². The Morgan fingerprint density at radius 3 is 2.69 bits per heavy atom. The number of rotatable bonds is 5. The zero-order valence-corrected chi connectivity index (χ0v) is 10.2. The number of aryl methyl sites for hydroxylation is 1. The molecular formula is C13H19NO2. The van der Waals surface area contributed by atoms with E-state index < -0.39 is 0 Å². The maximum Gasteiger partial charge on any atom is 0.357 e. The van der Waals surface area contributed by atoms with Crippen molar-refractivity contribution in [1.82, 2.24) is 4.98 Å². The normalized spacial score (nSPS) is 10.5. The average Bonchev–Trinajstić information content (AvgIpc) is 2.26. The second kappa shape index (κ2) is 6.26. The first-order chi connectivity index (χ1) is 7.63. The molecule has 0 saturated heterocycles. The lowest BCUT2D eigenvalue weighted by molar-refractivity contribution is 0.0371. The third-order valence-corrected chi connectivity index (χ3v) is 2.20. The van der Waals surface area contributed by atoms with Crippen molar-refractivity contribution in [2.75, 3.05) is 0 Å². The van der Waals surface area contributed by atoms with Crippen LogP contribution in [0.15, 0.2) is 18.3 Å². The number of carbonyl (C=O) groups is 1. The van der Waals surface area contributed by atoms with Gasteiger partial charge >= 0.3 is 5.97 Å². The van der Waals surface area contributed by atoms with Crippen LogP contribution in [0.2, 0.25) is 0 Å². The molecule has 0 fully saturated rings. The largest absolute Gasteiger partial charge is 0.458 e. The lowest BCUT2D eigenvalue weighted by Gasteiger charge is -2.07. The standard InChI is InChI=1S/C13H19NO2/c1-4-5-6-11-7-8-12(14-9-11)13(15)16-10(2)3/h7-10H,4-6H2,1-3H3. The lowest BCUT2D eigenvalue weighted by atomic mass is 10.1. The first-order valence-corrected chi connectivity index (χ1v) is 5.79. The first-order valence-electron chi connectivity index (χ1n) is 5.79. The summed E-state index contributed by atoms with van der Waals surface area (Å²) in [5, 5.41) is 0. The van der Waals surface area contributed by atoms with Gasteiger partial charge in [-0.3, -0.25) is 0 Å². The highest BCUT2D eigenvalue weighted by Gasteiger charge is 2.09. The quantitative estimate of drug-likeness (QED) is 0.717. The number of unbranched alkanes of at least 4 members (excludes halogenated alkanes) is 1. The van der Waals surface area contributed by atoms with Crippen LogP contribution in [-0.2, 0) is 11.2 Å². The van der Waals surface area contributed by atoms with Gasteiger partial charge in [0, 0.05) is 6.20 Å². The number of pyridine rings is 1. The molecule has 0 radical (unpaired) electrons. The van der Waals surface area contributed by atoms with Crippen LogP contribution in [0.5, 0.6) is 0 Å². The third-order valence-electron chi connectivity index (χ3n) is 2.20. The highest BCUT2D eigenvalue weighted by molar-refractivity contribution is 5.87. The highest BCUT2D eigenvalue weighted by atomic mass is 16.5. The number of hydrogen-bond acceptors (Lipinski definition) is 3. The third kappa shape index (κ3) is 4.01. The number of esters is 1. The topological polar surface area (TPSA) is 39.2 Å². The van der Waals surface area contributed by atoms with E-state index in [2.05, 4.69) is 11.9 Å². The summed E-state index contributed by atoms with van der Waals surface area (Å²) >= 11 is 0. The Morgan fingerprint density at radius 1 is 1.44 bits per heavy atom. The second-order valence-electron chi connectivity index (χ2n) is 4.11. The Labute approximate surface area is 96.8 Å². The van der Waals surface area contributed by atoms with Crippen molar-refractivity contribution in [2.45, 2.75) is 46.1 Å². The van der Waals surface area contributed by atoms with Crippen molar-refractivity contribution in [3.8, 4) is 0 Å². The van der Waals surface area contributed by atoms with Crippen LogP contribution in [0.1, 0.15) is 49.7 Å². The van der Waals surface area contributed by atoms with Gasteiger partial charge in [-0.05, 0) is 38.3 Å². The highest BCUT2D eigenvalue weighted by Crippen LogP contribution is 2.06. The minimum Gasteiger partial charge on any atom is -0.458 e. The minimum atomic E-state index is -0.350. The molecule has 3 nitrogen and oxygen atoms in total. The van der Waals surface area contributed by atoms with Gasteiger partial charge in [-0.25, -0.2) is 9.78 Å². The molecule has 1 aromatic rings. The van der Waals surface area contributed by atoms with Gasteiger partial charge in [-0.1, -0.05) is 19.4 Å². The van der Waals surface area contributed by atoms with E-state index in [1.54, 1.807) is 12.3 Å². The molecule has 0 N–H and O–H groups in total. The summed E-state index contributed by atoms with van der Waals surface area (Å²) in [5.41, 5.74) is 1.55. The molecule has 0 amide bonds. The molecule has 0 bridgehead atoms. The van der Waals surface area contributed by atoms with E-state index in [1.807, 2.05) is 19.9 Å². The van der Waals surface area contributed by atoms with Crippen molar-refractivity contribution in [2.24, 2.45) is 0 Å². The van der Waals surface area contributed by atoms with Crippen LogP contribution in [0, 0.1) is 0 Å². The molecule has 88 valence electrons. The fourth-order valence-corrected chi connectivity index (χ4v) is 1.35. The Balaban J connectivity index is 2.60. The van der Waals surface area contributed by atoms with E-state index in [-0.39, 0.29) is 12.1 Å². The predicted octanol–water partition coefficient (Wildman–Crippen LogP) is 2.99. The Morgan fingerprint density at radius 2 is 2.19 bits per heavy atom. The summed E-state index contributed by atoms with van der Waals surface area (Å²) < 4.78 is 5.06. The smallest absolute Gasteiger partial charge is 0.357 e. The number of ether oxygens (including phenoxy) is 1. The van der Waals surface area contributed by atoms with E-state index >= 15 is 0 Å². The molecule has 0 aromatic carbocycles. The molecule has 3 heteroatoms. The number of carbonyl (C=O) groups excluding carboxylic acids is 1. The van der Waals surface area contributed by atoms with Crippen LogP contribution in [0.25, 0.3) is 0 Å². The number of hydrogen-bond donors (Lipinski definition) is 0. The summed E-state index contributed by atoms with van der Waals surface area (Å²) in [7, 11) is 0. The van der Waals surface area contributed by atoms with Gasteiger partial charge in [0.15, 0.2) is 0 Å². The van der Waals surface area contributed by atoms with Crippen LogP contribution in [0.3, 0.4) is 0 Å². The van der Waals surface area contributed by atoms with Gasteiger partial charge in [-0.2, -0.15) is 0 Å². The zero-order valence-electron chi connectivity index (χ0n) is 10.2. The molecular weight excluding hydrogens is 202 g/mol. The molecule has 0 aliphatic rings. The van der Waals surface area contributed by atoms with Crippen LogP contribution < -0.4 is 0 Å². The summed E-state index contributed by atoms with van der Waals surface area (Å²) in [4.78, 5) is 15.6. The Bertz CT molecular complexity index is 330. The van der Waals surface area contributed by atoms with Gasteiger partial charge in [-0.15, -0.1) is 0 Å². The first kappa shape index (κ1) is 12.7. The summed E-state index contributed by atoms with van der Waals surface area (Å²) in [6.07, 6.45) is 4.98. The van der Waals surface area contributed by atoms with Crippen LogP contribution in [0.4, 0.5) is 0 Å². The van der Waals surface area contributed by atoms with Crippen molar-refractivity contribution in [3.63, 3.8) is 0 Å². The molecule has 0 saturated carbocycles. The molecule has 0 spiro atoms. The fraction of sp³-hybridized carbons (Fsp3) is 0.538. The molecule has 1 heterocycles. The van der Waals surface area contributed by atoms with Crippen LogP contribution >= 0.6 is 0 Å². The van der Waals surface area contributed by atoms with Crippen molar-refractivity contribution >= 4 is 5.97 Å². The van der Waals surface area contributed by atoms with E-state index in [0.717, 1.165) is 19.3 Å². The predicted molar refractivity (Wildman–Crippen MR) is 63.4 cm³/mol. The van der Waals surface area contributed by atoms with Crippen LogP contribution in [-0.4, -0.2) is 17.1 Å². The molecule has 0 atom stereocenters. The summed E-state index contributed by atoms with van der Waals surface area (Å²) in [6.45, 7) is 5.81. The molecule has 0 aliphatic heterocycles. The molecule has 1 aromatic heterocycles. The lowest BCUT2D eigenvalue weighted by Crippen LogP contribution is -2.13. The minimum absolute atomic E-state index is 0.103. The summed E-state index contributed by atoms with van der Waals surface area (Å²) in [5.74, 6) is -0.350.